The van der Waals surface area contributed by atoms with Gasteiger partial charge in [-0.05, 0) is 49.6 Å². The highest BCUT2D eigenvalue weighted by molar-refractivity contribution is 9.10. The van der Waals surface area contributed by atoms with Crippen LogP contribution in [0.3, 0.4) is 0 Å². The zero-order valence-electron chi connectivity index (χ0n) is 20.5. The number of hydrogen-bond acceptors (Lipinski definition) is 3. The molecule has 3 rings (SSSR count). The third-order valence-electron chi connectivity index (χ3n) is 5.58. The molecule has 0 saturated heterocycles. The Morgan fingerprint density at radius 1 is 0.886 bits per heavy atom. The molecule has 0 bridgehead atoms. The number of nitrogens with zero attached hydrogens (tertiary/aromatic N) is 1. The Balaban J connectivity index is 1.83. The molecule has 1 atom stereocenters. The van der Waals surface area contributed by atoms with E-state index in [4.69, 9.17) is 0 Å². The van der Waals surface area contributed by atoms with E-state index in [1.165, 1.54) is 0 Å². The maximum Gasteiger partial charge on any atom is 0.243 e. The van der Waals surface area contributed by atoms with Crippen molar-refractivity contribution in [3.63, 3.8) is 0 Å². The summed E-state index contributed by atoms with van der Waals surface area (Å²) >= 11 is 5.03. The van der Waals surface area contributed by atoms with Crippen LogP contribution in [0, 0.1) is 6.92 Å². The summed E-state index contributed by atoms with van der Waals surface area (Å²) < 4.78 is 1.03. The number of hydrogen-bond donors (Lipinski definition) is 1. The van der Waals surface area contributed by atoms with E-state index in [9.17, 15) is 9.59 Å². The molecular formula is C29H33BrN2O2S. The maximum absolute atomic E-state index is 13.6. The number of rotatable bonds is 11. The Morgan fingerprint density at radius 2 is 1.51 bits per heavy atom. The molecular weight excluding hydrogens is 520 g/mol. The molecule has 0 unspecified atom stereocenters. The number of thioether (sulfide) groups is 1. The quantitative estimate of drug-likeness (QED) is 0.310. The van der Waals surface area contributed by atoms with Crippen molar-refractivity contribution in [2.24, 2.45) is 0 Å². The van der Waals surface area contributed by atoms with Crippen LogP contribution in [0.5, 0.6) is 0 Å². The van der Waals surface area contributed by atoms with Gasteiger partial charge < -0.3 is 10.2 Å². The zero-order chi connectivity index (χ0) is 25.2. The van der Waals surface area contributed by atoms with E-state index in [0.717, 1.165) is 32.5 Å². The topological polar surface area (TPSA) is 49.4 Å². The molecule has 3 aromatic carbocycles. The second kappa shape index (κ2) is 13.5. The summed E-state index contributed by atoms with van der Waals surface area (Å²) in [5, 5.41) is 3.04. The first-order valence-corrected chi connectivity index (χ1v) is 13.8. The van der Waals surface area contributed by atoms with Gasteiger partial charge in [-0.1, -0.05) is 88.2 Å². The smallest absolute Gasteiger partial charge is 0.243 e. The van der Waals surface area contributed by atoms with Gasteiger partial charge in [-0.3, -0.25) is 9.59 Å². The van der Waals surface area contributed by atoms with Crippen molar-refractivity contribution in [3.05, 3.63) is 106 Å². The van der Waals surface area contributed by atoms with Crippen molar-refractivity contribution in [3.8, 4) is 0 Å². The second-order valence-corrected chi connectivity index (χ2v) is 10.9. The summed E-state index contributed by atoms with van der Waals surface area (Å²) in [5.41, 5.74) is 4.36. The van der Waals surface area contributed by atoms with Crippen molar-refractivity contribution in [2.45, 2.75) is 51.6 Å². The Bertz CT molecular complexity index is 1090. The number of aryl methyl sites for hydroxylation is 1. The van der Waals surface area contributed by atoms with Crippen LogP contribution in [0.2, 0.25) is 0 Å². The molecule has 4 nitrogen and oxygen atoms in total. The van der Waals surface area contributed by atoms with Gasteiger partial charge in [0.1, 0.15) is 6.04 Å². The van der Waals surface area contributed by atoms with E-state index in [2.05, 4.69) is 33.4 Å². The van der Waals surface area contributed by atoms with Crippen molar-refractivity contribution >= 4 is 39.5 Å². The maximum atomic E-state index is 13.6. The summed E-state index contributed by atoms with van der Waals surface area (Å²) in [6.45, 7) is 6.32. The molecule has 6 heteroatoms. The first kappa shape index (κ1) is 27.0. The number of nitrogens with one attached hydrogen (secondary N) is 1. The van der Waals surface area contributed by atoms with Crippen molar-refractivity contribution in [1.29, 1.82) is 0 Å². The molecule has 0 aliphatic carbocycles. The third-order valence-corrected chi connectivity index (χ3v) is 7.10. The lowest BCUT2D eigenvalue weighted by Crippen LogP contribution is -2.52. The standard InChI is InChI=1S/C29H33BrN2O2S/c1-21(2)31-29(34)27(17-23-7-5-4-6-8-23)32(18-24-11-9-22(3)10-12-24)28(33)20-35-19-25-13-15-26(30)16-14-25/h4-16,21,27H,17-20H2,1-3H3,(H,31,34)/t27-/m0/s1. The predicted molar refractivity (Wildman–Crippen MR) is 149 cm³/mol. The monoisotopic (exact) mass is 552 g/mol. The average molecular weight is 554 g/mol. The third kappa shape index (κ3) is 8.86. The van der Waals surface area contributed by atoms with Crippen LogP contribution < -0.4 is 5.32 Å². The van der Waals surface area contributed by atoms with Crippen LogP contribution in [0.15, 0.2) is 83.3 Å². The fraction of sp³-hybridized carbons (Fsp3) is 0.310. The minimum absolute atomic E-state index is 0.0103. The van der Waals surface area contributed by atoms with Crippen LogP contribution in [-0.4, -0.2) is 34.6 Å². The number of amides is 2. The van der Waals surface area contributed by atoms with E-state index < -0.39 is 6.04 Å². The SMILES string of the molecule is Cc1ccc(CN(C(=O)CSCc2ccc(Br)cc2)[C@@H](Cc2ccccc2)C(=O)NC(C)C)cc1. The molecule has 35 heavy (non-hydrogen) atoms. The largest absolute Gasteiger partial charge is 0.352 e. The second-order valence-electron chi connectivity index (χ2n) is 9.00. The van der Waals surface area contributed by atoms with Crippen LogP contribution in [0.1, 0.15) is 36.1 Å². The van der Waals surface area contributed by atoms with Crippen LogP contribution >= 0.6 is 27.7 Å². The molecule has 3 aromatic rings. The van der Waals surface area contributed by atoms with E-state index >= 15 is 0 Å². The van der Waals surface area contributed by atoms with E-state index in [1.807, 2.05) is 87.5 Å². The molecule has 0 saturated carbocycles. The molecule has 2 amide bonds. The van der Waals surface area contributed by atoms with Gasteiger partial charge in [-0.25, -0.2) is 0 Å². The summed E-state index contributed by atoms with van der Waals surface area (Å²) in [5.74, 6) is 0.885. The number of benzene rings is 3. The van der Waals surface area contributed by atoms with Gasteiger partial charge in [-0.2, -0.15) is 0 Å². The minimum atomic E-state index is -0.595. The fourth-order valence-electron chi connectivity index (χ4n) is 3.74. The Kier molecular flexibility index (Phi) is 10.4. The lowest BCUT2D eigenvalue weighted by atomic mass is 10.0. The molecule has 0 spiro atoms. The fourth-order valence-corrected chi connectivity index (χ4v) is 4.88. The van der Waals surface area contributed by atoms with Crippen LogP contribution in [0.4, 0.5) is 0 Å². The van der Waals surface area contributed by atoms with E-state index in [0.29, 0.717) is 18.7 Å². The van der Waals surface area contributed by atoms with Gasteiger partial charge >= 0.3 is 0 Å². The van der Waals surface area contributed by atoms with Gasteiger partial charge in [0.15, 0.2) is 0 Å². The normalized spacial score (nSPS) is 11.8. The van der Waals surface area contributed by atoms with Gasteiger partial charge in [0, 0.05) is 29.2 Å². The lowest BCUT2D eigenvalue weighted by Gasteiger charge is -2.32. The number of carbonyl (C=O) groups is 2. The molecule has 0 aliphatic rings. The van der Waals surface area contributed by atoms with E-state index in [1.54, 1.807) is 16.7 Å². The Morgan fingerprint density at radius 3 is 2.14 bits per heavy atom. The Hall–Kier alpha value is -2.57. The Labute approximate surface area is 221 Å². The van der Waals surface area contributed by atoms with Crippen LogP contribution in [-0.2, 0) is 28.3 Å². The molecule has 0 aliphatic heterocycles. The molecule has 0 radical (unpaired) electrons. The average Bonchev–Trinajstić information content (AvgIpc) is 2.84. The molecule has 0 heterocycles. The first-order chi connectivity index (χ1) is 16.8. The summed E-state index contributed by atoms with van der Waals surface area (Å²) in [6, 6.07) is 25.6. The molecule has 0 fully saturated rings. The summed E-state index contributed by atoms with van der Waals surface area (Å²) in [7, 11) is 0. The number of carbonyl (C=O) groups excluding carboxylic acids is 2. The number of halogens is 1. The highest BCUT2D eigenvalue weighted by atomic mass is 79.9. The highest BCUT2D eigenvalue weighted by Gasteiger charge is 2.30. The van der Waals surface area contributed by atoms with Gasteiger partial charge in [-0.15, -0.1) is 11.8 Å². The first-order valence-electron chi connectivity index (χ1n) is 11.8. The van der Waals surface area contributed by atoms with E-state index in [-0.39, 0.29) is 17.9 Å². The zero-order valence-corrected chi connectivity index (χ0v) is 22.9. The summed E-state index contributed by atoms with van der Waals surface area (Å²) in [4.78, 5) is 28.7. The van der Waals surface area contributed by atoms with Gasteiger partial charge in [0.25, 0.3) is 0 Å². The minimum Gasteiger partial charge on any atom is -0.352 e. The summed E-state index contributed by atoms with van der Waals surface area (Å²) in [6.07, 6.45) is 0.467. The highest BCUT2D eigenvalue weighted by Crippen LogP contribution is 2.20. The molecule has 184 valence electrons. The van der Waals surface area contributed by atoms with Crippen molar-refractivity contribution < 1.29 is 9.59 Å². The predicted octanol–water partition coefficient (Wildman–Crippen LogP) is 6.16. The molecule has 0 aromatic heterocycles. The van der Waals surface area contributed by atoms with Crippen molar-refractivity contribution in [1.82, 2.24) is 10.2 Å². The lowest BCUT2D eigenvalue weighted by molar-refractivity contribution is -0.139. The van der Waals surface area contributed by atoms with Crippen molar-refractivity contribution in [2.75, 3.05) is 5.75 Å². The molecule has 1 N–H and O–H groups in total. The van der Waals surface area contributed by atoms with Gasteiger partial charge in [0.2, 0.25) is 11.8 Å². The van der Waals surface area contributed by atoms with Crippen LogP contribution in [0.25, 0.3) is 0 Å². The van der Waals surface area contributed by atoms with Gasteiger partial charge in [0.05, 0.1) is 5.75 Å².